The van der Waals surface area contributed by atoms with Crippen molar-refractivity contribution in [2.24, 2.45) is 0 Å². The third-order valence-electron chi connectivity index (χ3n) is 5.82. The largest absolute Gasteiger partial charge is 0.328 e. The Kier molecular flexibility index (Phi) is 7.92. The van der Waals surface area contributed by atoms with Crippen molar-refractivity contribution in [1.29, 1.82) is 0 Å². The zero-order chi connectivity index (χ0) is 24.2. The SMILES string of the molecule is CCCn1c(CCC(=O)Nc2ccc(C)cc2C)nc2cc(S(=O)(=O)N(CC)CC)ccc21. The van der Waals surface area contributed by atoms with Crippen molar-refractivity contribution in [3.63, 3.8) is 0 Å². The highest BCUT2D eigenvalue weighted by atomic mass is 32.2. The van der Waals surface area contributed by atoms with Crippen LogP contribution in [0.3, 0.4) is 0 Å². The average molecular weight is 471 g/mol. The molecule has 0 unspecified atom stereocenters. The fourth-order valence-electron chi connectivity index (χ4n) is 4.09. The van der Waals surface area contributed by atoms with Gasteiger partial charge in [-0.15, -0.1) is 0 Å². The normalized spacial score (nSPS) is 11.9. The second kappa shape index (κ2) is 10.5. The van der Waals surface area contributed by atoms with Gasteiger partial charge < -0.3 is 9.88 Å². The number of imidazole rings is 1. The Morgan fingerprint density at radius 1 is 1.06 bits per heavy atom. The average Bonchev–Trinajstić information content (AvgIpc) is 3.12. The van der Waals surface area contributed by atoms with Crippen molar-refractivity contribution in [3.8, 4) is 0 Å². The zero-order valence-electron chi connectivity index (χ0n) is 20.2. The number of hydrogen-bond donors (Lipinski definition) is 1. The van der Waals surface area contributed by atoms with Crippen molar-refractivity contribution in [2.45, 2.75) is 65.3 Å². The number of carbonyl (C=O) groups is 1. The molecule has 33 heavy (non-hydrogen) atoms. The van der Waals surface area contributed by atoms with Gasteiger partial charge in [-0.1, -0.05) is 38.5 Å². The van der Waals surface area contributed by atoms with Gasteiger partial charge in [0.15, 0.2) is 0 Å². The third-order valence-corrected chi connectivity index (χ3v) is 7.87. The Morgan fingerprint density at radius 2 is 1.79 bits per heavy atom. The van der Waals surface area contributed by atoms with Gasteiger partial charge in [0.1, 0.15) is 5.82 Å². The van der Waals surface area contributed by atoms with E-state index in [0.717, 1.165) is 41.1 Å². The predicted octanol–water partition coefficient (Wildman–Crippen LogP) is 4.66. The molecule has 3 aromatic rings. The summed E-state index contributed by atoms with van der Waals surface area (Å²) in [6.07, 6.45) is 1.68. The number of rotatable bonds is 10. The minimum absolute atomic E-state index is 0.0677. The maximum Gasteiger partial charge on any atom is 0.243 e. The van der Waals surface area contributed by atoms with Gasteiger partial charge in [-0.2, -0.15) is 4.31 Å². The number of fused-ring (bicyclic) bond motifs is 1. The molecule has 0 aliphatic rings. The van der Waals surface area contributed by atoms with Crippen molar-refractivity contribution < 1.29 is 13.2 Å². The summed E-state index contributed by atoms with van der Waals surface area (Å²) in [5.74, 6) is 0.724. The first-order valence-corrected chi connectivity index (χ1v) is 13.0. The van der Waals surface area contributed by atoms with E-state index < -0.39 is 10.0 Å². The summed E-state index contributed by atoms with van der Waals surface area (Å²) in [7, 11) is -3.56. The summed E-state index contributed by atoms with van der Waals surface area (Å²) in [6.45, 7) is 11.3. The number of benzene rings is 2. The van der Waals surface area contributed by atoms with E-state index >= 15 is 0 Å². The first-order chi connectivity index (χ1) is 15.7. The fraction of sp³-hybridized carbons (Fsp3) is 0.440. The number of sulfonamides is 1. The van der Waals surface area contributed by atoms with Crippen LogP contribution in [-0.2, 0) is 27.8 Å². The van der Waals surface area contributed by atoms with Crippen LogP contribution in [0, 0.1) is 13.8 Å². The second-order valence-corrected chi connectivity index (χ2v) is 10.2. The van der Waals surface area contributed by atoms with E-state index in [1.807, 2.05) is 52.0 Å². The standard InChI is InChI=1S/C25H34N4O3S/c1-6-15-29-23-12-10-20(33(31,32)28(7-2)8-3)17-22(23)26-24(29)13-14-25(30)27-21-11-9-18(4)16-19(21)5/h9-12,16-17H,6-8,13-15H2,1-5H3,(H,27,30). The molecule has 0 bridgehead atoms. The van der Waals surface area contributed by atoms with Crippen LogP contribution >= 0.6 is 0 Å². The molecule has 0 atom stereocenters. The zero-order valence-corrected chi connectivity index (χ0v) is 21.0. The summed E-state index contributed by atoms with van der Waals surface area (Å²) in [5.41, 5.74) is 4.53. The molecule has 3 rings (SSSR count). The molecule has 8 heteroatoms. The van der Waals surface area contributed by atoms with Gasteiger partial charge in [0.2, 0.25) is 15.9 Å². The minimum Gasteiger partial charge on any atom is -0.328 e. The quantitative estimate of drug-likeness (QED) is 0.467. The molecule has 178 valence electrons. The molecular weight excluding hydrogens is 436 g/mol. The number of anilines is 1. The van der Waals surface area contributed by atoms with Gasteiger partial charge in [-0.25, -0.2) is 13.4 Å². The second-order valence-electron chi connectivity index (χ2n) is 8.29. The van der Waals surface area contributed by atoms with Crippen LogP contribution in [0.25, 0.3) is 11.0 Å². The topological polar surface area (TPSA) is 84.3 Å². The van der Waals surface area contributed by atoms with Crippen molar-refractivity contribution in [2.75, 3.05) is 18.4 Å². The number of aromatic nitrogens is 2. The summed E-state index contributed by atoms with van der Waals surface area (Å²) in [6, 6.07) is 11.1. The van der Waals surface area contributed by atoms with Crippen LogP contribution in [0.4, 0.5) is 5.69 Å². The highest BCUT2D eigenvalue weighted by molar-refractivity contribution is 7.89. The number of nitrogens with zero attached hydrogens (tertiary/aromatic N) is 3. The lowest BCUT2D eigenvalue weighted by Gasteiger charge is -2.18. The Morgan fingerprint density at radius 3 is 2.42 bits per heavy atom. The van der Waals surface area contributed by atoms with Gasteiger partial charge >= 0.3 is 0 Å². The molecule has 0 radical (unpaired) electrons. The molecule has 2 aromatic carbocycles. The van der Waals surface area contributed by atoms with Gasteiger partial charge in [-0.3, -0.25) is 4.79 Å². The van der Waals surface area contributed by atoms with Crippen LogP contribution in [0.5, 0.6) is 0 Å². The highest BCUT2D eigenvalue weighted by Crippen LogP contribution is 2.24. The molecule has 1 aromatic heterocycles. The van der Waals surface area contributed by atoms with Crippen molar-refractivity contribution in [1.82, 2.24) is 13.9 Å². The van der Waals surface area contributed by atoms with Crippen LogP contribution in [0.2, 0.25) is 0 Å². The lowest BCUT2D eigenvalue weighted by atomic mass is 10.1. The molecule has 0 saturated heterocycles. The Bertz CT molecular complexity index is 1240. The van der Waals surface area contributed by atoms with E-state index in [0.29, 0.717) is 31.4 Å². The molecule has 7 nitrogen and oxygen atoms in total. The Hall–Kier alpha value is -2.71. The molecule has 0 fully saturated rings. The Balaban J connectivity index is 1.84. The Labute approximate surface area is 196 Å². The van der Waals surface area contributed by atoms with Crippen LogP contribution < -0.4 is 5.32 Å². The lowest BCUT2D eigenvalue weighted by Crippen LogP contribution is -2.30. The summed E-state index contributed by atoms with van der Waals surface area (Å²) in [4.78, 5) is 17.6. The molecule has 1 heterocycles. The van der Waals surface area contributed by atoms with E-state index in [1.165, 1.54) is 4.31 Å². The first-order valence-electron chi connectivity index (χ1n) is 11.6. The fourth-order valence-corrected chi connectivity index (χ4v) is 5.57. The summed E-state index contributed by atoms with van der Waals surface area (Å²) in [5, 5.41) is 2.99. The predicted molar refractivity (Wildman–Crippen MR) is 133 cm³/mol. The lowest BCUT2D eigenvalue weighted by molar-refractivity contribution is -0.116. The van der Waals surface area contributed by atoms with Crippen LogP contribution in [0.1, 0.15) is 50.6 Å². The number of hydrogen-bond acceptors (Lipinski definition) is 4. The van der Waals surface area contributed by atoms with Gasteiger partial charge in [0, 0.05) is 38.2 Å². The molecule has 0 saturated carbocycles. The van der Waals surface area contributed by atoms with Gasteiger partial charge in [0.25, 0.3) is 0 Å². The molecule has 0 aliphatic heterocycles. The number of nitrogens with one attached hydrogen (secondary N) is 1. The van der Waals surface area contributed by atoms with Crippen molar-refractivity contribution >= 4 is 32.7 Å². The van der Waals surface area contributed by atoms with Gasteiger partial charge in [-0.05, 0) is 50.1 Å². The molecule has 1 N–H and O–H groups in total. The highest BCUT2D eigenvalue weighted by Gasteiger charge is 2.23. The number of carbonyl (C=O) groups excluding carboxylic acids is 1. The first kappa shape index (κ1) is 24.9. The maximum atomic E-state index is 12.9. The van der Waals surface area contributed by atoms with Gasteiger partial charge in [0.05, 0.1) is 15.9 Å². The summed E-state index contributed by atoms with van der Waals surface area (Å²) >= 11 is 0. The van der Waals surface area contributed by atoms with E-state index in [4.69, 9.17) is 4.98 Å². The smallest absolute Gasteiger partial charge is 0.243 e. The third kappa shape index (κ3) is 5.45. The van der Waals surface area contributed by atoms with E-state index in [2.05, 4.69) is 16.8 Å². The van der Waals surface area contributed by atoms with Crippen LogP contribution in [0.15, 0.2) is 41.3 Å². The van der Waals surface area contributed by atoms with Crippen molar-refractivity contribution in [3.05, 3.63) is 53.3 Å². The van der Waals surface area contributed by atoms with E-state index in [-0.39, 0.29) is 10.8 Å². The monoisotopic (exact) mass is 470 g/mol. The molecule has 0 spiro atoms. The molecular formula is C25H34N4O3S. The summed E-state index contributed by atoms with van der Waals surface area (Å²) < 4.78 is 29.4. The van der Waals surface area contributed by atoms with Crippen LogP contribution in [-0.4, -0.2) is 41.3 Å². The number of aryl methyl sites for hydroxylation is 4. The minimum atomic E-state index is -3.56. The number of amides is 1. The molecule has 0 aliphatic carbocycles. The molecule has 1 amide bonds. The maximum absolute atomic E-state index is 12.9. The van der Waals surface area contributed by atoms with E-state index in [1.54, 1.807) is 12.1 Å². The van der Waals surface area contributed by atoms with E-state index in [9.17, 15) is 13.2 Å².